The first-order chi connectivity index (χ1) is 19.3. The van der Waals surface area contributed by atoms with Crippen LogP contribution in [0.2, 0.25) is 0 Å². The van der Waals surface area contributed by atoms with Crippen molar-refractivity contribution in [2.45, 2.75) is 32.2 Å². The van der Waals surface area contributed by atoms with E-state index in [4.69, 9.17) is 9.72 Å². The largest absolute Gasteiger partial charge is 0.462 e. The predicted molar refractivity (Wildman–Crippen MR) is 159 cm³/mol. The summed E-state index contributed by atoms with van der Waals surface area (Å²) in [6, 6.07) is 31.0. The summed E-state index contributed by atoms with van der Waals surface area (Å²) in [5.41, 5.74) is 5.33. The summed E-state index contributed by atoms with van der Waals surface area (Å²) in [7, 11) is -4.06. The highest BCUT2D eigenvalue weighted by atomic mass is 32.2. The van der Waals surface area contributed by atoms with Crippen molar-refractivity contribution in [3.63, 3.8) is 0 Å². The number of fused-ring (bicyclic) bond motifs is 1. The van der Waals surface area contributed by atoms with Crippen LogP contribution in [0.25, 0.3) is 22.0 Å². The van der Waals surface area contributed by atoms with Crippen LogP contribution in [-0.2, 0) is 21.3 Å². The molecule has 1 aromatic heterocycles. The molecule has 7 heteroatoms. The molecule has 0 N–H and O–H groups in total. The van der Waals surface area contributed by atoms with Gasteiger partial charge in [-0.05, 0) is 62.2 Å². The lowest BCUT2D eigenvalue weighted by molar-refractivity contribution is 0.0526. The van der Waals surface area contributed by atoms with Gasteiger partial charge in [0.1, 0.15) is 0 Å². The van der Waals surface area contributed by atoms with Crippen molar-refractivity contribution in [2.24, 2.45) is 0 Å². The molecule has 0 fully saturated rings. The first kappa shape index (κ1) is 27.1. The number of carbonyl (C=O) groups is 1. The Hall–Kier alpha value is -4.49. The Bertz CT molecular complexity index is 1770. The van der Waals surface area contributed by atoms with Crippen molar-refractivity contribution in [1.82, 2.24) is 4.98 Å². The van der Waals surface area contributed by atoms with Gasteiger partial charge in [-0.25, -0.2) is 13.2 Å². The molecule has 0 saturated heterocycles. The van der Waals surface area contributed by atoms with Crippen molar-refractivity contribution in [3.05, 3.63) is 126 Å². The summed E-state index contributed by atoms with van der Waals surface area (Å²) in [5.74, 6) is -0.479. The third-order valence-electron chi connectivity index (χ3n) is 6.74. The SMILES string of the molecule is CCOC(=O)c1ccc2nc(C)c(-c3ccccc3)c(N(Cc3ccccc3)S(=O)(=O)c3ccc(C)cc3)c2c1. The number of ether oxygens (including phenoxy) is 1. The van der Waals surface area contributed by atoms with Gasteiger partial charge in [-0.15, -0.1) is 0 Å². The molecule has 1 heterocycles. The lowest BCUT2D eigenvalue weighted by Gasteiger charge is -2.29. The molecule has 0 spiro atoms. The van der Waals surface area contributed by atoms with Crippen LogP contribution in [0.3, 0.4) is 0 Å². The number of benzene rings is 4. The molecule has 0 aliphatic heterocycles. The fourth-order valence-corrected chi connectivity index (χ4v) is 6.27. The van der Waals surface area contributed by atoms with Gasteiger partial charge in [0.25, 0.3) is 10.0 Å². The molecule has 202 valence electrons. The van der Waals surface area contributed by atoms with Gasteiger partial charge in [-0.1, -0.05) is 78.4 Å². The van der Waals surface area contributed by atoms with E-state index in [1.165, 1.54) is 4.31 Å². The molecule has 0 saturated carbocycles. The number of aromatic nitrogens is 1. The lowest BCUT2D eigenvalue weighted by atomic mass is 9.97. The van der Waals surface area contributed by atoms with Gasteiger partial charge in [-0.2, -0.15) is 0 Å². The van der Waals surface area contributed by atoms with Crippen LogP contribution in [0.5, 0.6) is 0 Å². The van der Waals surface area contributed by atoms with Crippen LogP contribution >= 0.6 is 0 Å². The van der Waals surface area contributed by atoms with Crippen molar-refractivity contribution >= 4 is 32.6 Å². The van der Waals surface area contributed by atoms with Gasteiger partial charge < -0.3 is 4.74 Å². The number of carbonyl (C=O) groups excluding carboxylic acids is 1. The van der Waals surface area contributed by atoms with Crippen LogP contribution in [0.15, 0.2) is 108 Å². The van der Waals surface area contributed by atoms with E-state index in [9.17, 15) is 13.2 Å². The lowest BCUT2D eigenvalue weighted by Crippen LogP contribution is -2.31. The van der Waals surface area contributed by atoms with Gasteiger partial charge in [0, 0.05) is 16.6 Å². The Morgan fingerprint density at radius 3 is 2.15 bits per heavy atom. The first-order valence-corrected chi connectivity index (χ1v) is 14.5. The third kappa shape index (κ3) is 5.33. The number of rotatable bonds is 8. The van der Waals surface area contributed by atoms with Crippen molar-refractivity contribution in [2.75, 3.05) is 10.9 Å². The van der Waals surface area contributed by atoms with Crippen molar-refractivity contribution < 1.29 is 17.9 Å². The molecule has 5 aromatic rings. The molecule has 0 unspecified atom stereocenters. The van der Waals surface area contributed by atoms with E-state index in [2.05, 4.69) is 0 Å². The van der Waals surface area contributed by atoms with Gasteiger partial charge >= 0.3 is 5.97 Å². The number of esters is 1. The second-order valence-electron chi connectivity index (χ2n) is 9.55. The molecule has 0 aliphatic rings. The molecule has 0 bridgehead atoms. The first-order valence-electron chi connectivity index (χ1n) is 13.1. The Balaban J connectivity index is 1.88. The highest BCUT2D eigenvalue weighted by molar-refractivity contribution is 7.92. The van der Waals surface area contributed by atoms with E-state index >= 15 is 0 Å². The quantitative estimate of drug-likeness (QED) is 0.193. The maximum Gasteiger partial charge on any atom is 0.338 e. The second kappa shape index (κ2) is 11.3. The zero-order valence-corrected chi connectivity index (χ0v) is 23.5. The molecular formula is C33H30N2O4S. The van der Waals surface area contributed by atoms with E-state index in [0.717, 1.165) is 16.7 Å². The van der Waals surface area contributed by atoms with E-state index in [1.807, 2.05) is 74.5 Å². The number of sulfonamides is 1. The summed E-state index contributed by atoms with van der Waals surface area (Å²) in [4.78, 5) is 17.8. The molecular weight excluding hydrogens is 520 g/mol. The summed E-state index contributed by atoms with van der Waals surface area (Å²) < 4.78 is 35.8. The molecule has 0 amide bonds. The van der Waals surface area contributed by atoms with Gasteiger partial charge in [0.05, 0.1) is 34.8 Å². The topological polar surface area (TPSA) is 76.6 Å². The monoisotopic (exact) mass is 550 g/mol. The fraction of sp³-hybridized carbons (Fsp3) is 0.152. The van der Waals surface area contributed by atoms with E-state index < -0.39 is 16.0 Å². The van der Waals surface area contributed by atoms with Gasteiger partial charge in [-0.3, -0.25) is 9.29 Å². The second-order valence-corrected chi connectivity index (χ2v) is 11.4. The van der Waals surface area contributed by atoms with Crippen LogP contribution in [0, 0.1) is 13.8 Å². The van der Waals surface area contributed by atoms with Crippen LogP contribution in [-0.4, -0.2) is 26.0 Å². The van der Waals surface area contributed by atoms with Crippen LogP contribution < -0.4 is 4.31 Å². The standard InChI is InChI=1S/C33H30N2O4S/c1-4-39-33(36)27-17-20-30-29(21-27)32(31(24(3)34-30)26-13-9-6-10-14-26)35(22-25-11-7-5-8-12-25)40(37,38)28-18-15-23(2)16-19-28/h5-21H,4,22H2,1-3H3. The predicted octanol–water partition coefficient (Wildman–Crippen LogP) is 7.09. The summed E-state index contributed by atoms with van der Waals surface area (Å²) in [6.07, 6.45) is 0. The summed E-state index contributed by atoms with van der Waals surface area (Å²) >= 11 is 0. The Kier molecular flexibility index (Phi) is 7.67. The van der Waals surface area contributed by atoms with E-state index in [0.29, 0.717) is 33.4 Å². The highest BCUT2D eigenvalue weighted by Gasteiger charge is 2.31. The minimum atomic E-state index is -4.06. The number of aryl methyl sites for hydroxylation is 2. The van der Waals surface area contributed by atoms with Crippen molar-refractivity contribution in [1.29, 1.82) is 0 Å². The maximum atomic E-state index is 14.5. The number of pyridine rings is 1. The minimum Gasteiger partial charge on any atom is -0.462 e. The van der Waals surface area contributed by atoms with E-state index in [-0.39, 0.29) is 18.0 Å². The fourth-order valence-electron chi connectivity index (χ4n) is 4.79. The molecule has 4 aromatic carbocycles. The molecule has 0 aliphatic carbocycles. The zero-order chi connectivity index (χ0) is 28.3. The molecule has 0 radical (unpaired) electrons. The molecule has 40 heavy (non-hydrogen) atoms. The highest BCUT2D eigenvalue weighted by Crippen LogP contribution is 2.42. The van der Waals surface area contributed by atoms with Crippen LogP contribution in [0.4, 0.5) is 5.69 Å². The van der Waals surface area contributed by atoms with E-state index in [1.54, 1.807) is 49.4 Å². The Labute approximate surface area is 234 Å². The Morgan fingerprint density at radius 2 is 1.50 bits per heavy atom. The molecule has 5 rings (SSSR count). The van der Waals surface area contributed by atoms with Crippen LogP contribution in [0.1, 0.15) is 34.1 Å². The van der Waals surface area contributed by atoms with Gasteiger partial charge in [0.2, 0.25) is 0 Å². The van der Waals surface area contributed by atoms with Gasteiger partial charge in [0.15, 0.2) is 0 Å². The van der Waals surface area contributed by atoms with Crippen molar-refractivity contribution in [3.8, 4) is 11.1 Å². The summed E-state index contributed by atoms with van der Waals surface area (Å²) in [5, 5.41) is 0.543. The summed E-state index contributed by atoms with van der Waals surface area (Å²) in [6.45, 7) is 5.86. The normalized spacial score (nSPS) is 11.4. The smallest absolute Gasteiger partial charge is 0.338 e. The number of anilines is 1. The minimum absolute atomic E-state index is 0.0824. The average Bonchev–Trinajstić information content (AvgIpc) is 2.96. The Morgan fingerprint density at radius 1 is 0.850 bits per heavy atom. The number of hydrogen-bond acceptors (Lipinski definition) is 5. The number of hydrogen-bond donors (Lipinski definition) is 0. The molecule has 6 nitrogen and oxygen atoms in total. The average molecular weight is 551 g/mol. The third-order valence-corrected chi connectivity index (χ3v) is 8.50. The zero-order valence-electron chi connectivity index (χ0n) is 22.7. The number of nitrogens with zero attached hydrogens (tertiary/aromatic N) is 2. The molecule has 0 atom stereocenters. The maximum absolute atomic E-state index is 14.5.